The van der Waals surface area contributed by atoms with Gasteiger partial charge in [0.1, 0.15) is 5.01 Å². The summed E-state index contributed by atoms with van der Waals surface area (Å²) in [5.74, 6) is 0. The lowest BCUT2D eigenvalue weighted by Crippen LogP contribution is -2.13. The second-order valence-corrected chi connectivity index (χ2v) is 7.38. The molecule has 0 unspecified atom stereocenters. The highest BCUT2D eigenvalue weighted by molar-refractivity contribution is 7.99. The van der Waals surface area contributed by atoms with Crippen molar-refractivity contribution in [2.24, 2.45) is 5.73 Å². The first-order valence-corrected chi connectivity index (χ1v) is 9.92. The summed E-state index contributed by atoms with van der Waals surface area (Å²) in [7, 11) is 0. The van der Waals surface area contributed by atoms with Gasteiger partial charge < -0.3 is 5.73 Å². The molecule has 0 fully saturated rings. The largest absolute Gasteiger partial charge is 0.329 e. The summed E-state index contributed by atoms with van der Waals surface area (Å²) in [4.78, 5) is 6.88. The Kier molecular flexibility index (Phi) is 5.71. The molecule has 6 heteroatoms. The Hall–Kier alpha value is -1.63. The summed E-state index contributed by atoms with van der Waals surface area (Å²) in [6.45, 7) is 5.73. The van der Waals surface area contributed by atoms with Crippen LogP contribution in [-0.2, 0) is 19.4 Å². The van der Waals surface area contributed by atoms with E-state index >= 15 is 0 Å². The number of aryl methyl sites for hydroxylation is 1. The third-order valence-corrected chi connectivity index (χ3v) is 5.85. The average molecular weight is 359 g/mol. The lowest BCUT2D eigenvalue weighted by Gasteiger charge is -2.07. The van der Waals surface area contributed by atoms with Gasteiger partial charge in [-0.2, -0.15) is 5.10 Å². The van der Waals surface area contributed by atoms with Gasteiger partial charge in [-0.05, 0) is 25.0 Å². The summed E-state index contributed by atoms with van der Waals surface area (Å²) >= 11 is 3.47. The molecule has 0 aliphatic carbocycles. The average Bonchev–Trinajstić information content (AvgIpc) is 3.24. The Morgan fingerprint density at radius 2 is 1.96 bits per heavy atom. The zero-order chi connectivity index (χ0) is 16.9. The Bertz CT molecular complexity index is 776. The van der Waals surface area contributed by atoms with E-state index < -0.39 is 0 Å². The van der Waals surface area contributed by atoms with Gasteiger partial charge in [0.2, 0.25) is 0 Å². The molecule has 0 spiro atoms. The van der Waals surface area contributed by atoms with Crippen LogP contribution in [-0.4, -0.2) is 21.3 Å². The monoisotopic (exact) mass is 358 g/mol. The molecule has 4 nitrogen and oxygen atoms in total. The molecular formula is C18H22N4S2. The number of hydrogen-bond acceptors (Lipinski definition) is 5. The fraction of sp³-hybridized carbons (Fsp3) is 0.333. The van der Waals surface area contributed by atoms with Crippen LogP contribution < -0.4 is 5.73 Å². The van der Waals surface area contributed by atoms with Crippen LogP contribution in [0.1, 0.15) is 25.2 Å². The molecule has 2 N–H and O–H groups in total. The predicted molar refractivity (Wildman–Crippen MR) is 102 cm³/mol. The van der Waals surface area contributed by atoms with Crippen molar-refractivity contribution >= 4 is 23.1 Å². The molecule has 0 saturated heterocycles. The summed E-state index contributed by atoms with van der Waals surface area (Å²) < 4.78 is 2.07. The number of benzene rings is 1. The Balaban J connectivity index is 1.87. The minimum atomic E-state index is 0.616. The molecule has 24 heavy (non-hydrogen) atoms. The molecule has 0 radical (unpaired) electrons. The number of thiazole rings is 1. The van der Waals surface area contributed by atoms with Crippen LogP contribution in [0.2, 0.25) is 0 Å². The van der Waals surface area contributed by atoms with Crippen LogP contribution in [0.3, 0.4) is 0 Å². The van der Waals surface area contributed by atoms with E-state index in [2.05, 4.69) is 47.8 Å². The van der Waals surface area contributed by atoms with E-state index in [1.165, 1.54) is 21.0 Å². The Morgan fingerprint density at radius 3 is 2.54 bits per heavy atom. The fourth-order valence-corrected chi connectivity index (χ4v) is 4.51. The van der Waals surface area contributed by atoms with Gasteiger partial charge >= 0.3 is 0 Å². The molecule has 2 aromatic heterocycles. The summed E-state index contributed by atoms with van der Waals surface area (Å²) in [6, 6.07) is 8.62. The molecule has 0 bridgehead atoms. The zero-order valence-corrected chi connectivity index (χ0v) is 15.7. The van der Waals surface area contributed by atoms with Gasteiger partial charge in [0, 0.05) is 28.6 Å². The molecule has 3 aromatic rings. The molecule has 0 aliphatic heterocycles. The number of rotatable bonds is 7. The van der Waals surface area contributed by atoms with Gasteiger partial charge in [0.25, 0.3) is 0 Å². The van der Waals surface area contributed by atoms with Gasteiger partial charge in [-0.15, -0.1) is 11.3 Å². The van der Waals surface area contributed by atoms with Crippen LogP contribution in [0.4, 0.5) is 0 Å². The third kappa shape index (κ3) is 3.55. The van der Waals surface area contributed by atoms with Crippen molar-refractivity contribution in [3.63, 3.8) is 0 Å². The van der Waals surface area contributed by atoms with Gasteiger partial charge in [-0.3, -0.25) is 4.68 Å². The molecule has 0 aliphatic rings. The number of aromatic nitrogens is 3. The van der Waals surface area contributed by atoms with Crippen molar-refractivity contribution in [2.45, 2.75) is 43.0 Å². The first-order valence-electron chi connectivity index (χ1n) is 8.23. The van der Waals surface area contributed by atoms with Gasteiger partial charge in [-0.25, -0.2) is 4.98 Å². The van der Waals surface area contributed by atoms with E-state index in [1.54, 1.807) is 23.1 Å². The highest BCUT2D eigenvalue weighted by atomic mass is 32.2. The van der Waals surface area contributed by atoms with Crippen LogP contribution >= 0.6 is 23.1 Å². The van der Waals surface area contributed by atoms with Gasteiger partial charge in [0.05, 0.1) is 22.8 Å². The van der Waals surface area contributed by atoms with Crippen molar-refractivity contribution in [1.82, 2.24) is 14.8 Å². The standard InChI is InChI=1S/C18H22N4S2/c1-3-15-17(16(4-2)22(21-15)11-9-19)24-14-7-5-13(6-8-14)18-20-10-12-23-18/h5-8,10,12H,3-4,9,11,19H2,1-2H3. The SMILES string of the molecule is CCc1nn(CCN)c(CC)c1Sc1ccc(-c2nccs2)cc1. The predicted octanol–water partition coefficient (Wildman–Crippen LogP) is 4.24. The smallest absolute Gasteiger partial charge is 0.123 e. The molecule has 0 saturated carbocycles. The topological polar surface area (TPSA) is 56.7 Å². The highest BCUT2D eigenvalue weighted by Crippen LogP contribution is 2.35. The molecule has 0 atom stereocenters. The molecular weight excluding hydrogens is 336 g/mol. The van der Waals surface area contributed by atoms with E-state index in [-0.39, 0.29) is 0 Å². The minimum Gasteiger partial charge on any atom is -0.329 e. The lowest BCUT2D eigenvalue weighted by atomic mass is 10.2. The maximum atomic E-state index is 5.73. The second-order valence-electron chi connectivity index (χ2n) is 5.41. The first-order chi connectivity index (χ1) is 11.8. The van der Waals surface area contributed by atoms with Crippen molar-refractivity contribution in [2.75, 3.05) is 6.54 Å². The van der Waals surface area contributed by atoms with E-state index in [0.29, 0.717) is 6.54 Å². The van der Waals surface area contributed by atoms with Gasteiger partial charge in [-0.1, -0.05) is 37.7 Å². The van der Waals surface area contributed by atoms with Crippen molar-refractivity contribution in [3.8, 4) is 10.6 Å². The molecule has 2 heterocycles. The zero-order valence-electron chi connectivity index (χ0n) is 14.0. The van der Waals surface area contributed by atoms with Crippen LogP contribution in [0.5, 0.6) is 0 Å². The van der Waals surface area contributed by atoms with Crippen molar-refractivity contribution in [3.05, 3.63) is 47.2 Å². The quantitative estimate of drug-likeness (QED) is 0.686. The van der Waals surface area contributed by atoms with E-state index in [4.69, 9.17) is 10.8 Å². The number of nitrogens with two attached hydrogens (primary N) is 1. The van der Waals surface area contributed by atoms with Crippen molar-refractivity contribution in [1.29, 1.82) is 0 Å². The van der Waals surface area contributed by atoms with E-state index in [9.17, 15) is 0 Å². The van der Waals surface area contributed by atoms with Crippen LogP contribution in [0.25, 0.3) is 10.6 Å². The van der Waals surface area contributed by atoms with Crippen LogP contribution in [0.15, 0.2) is 45.6 Å². The maximum Gasteiger partial charge on any atom is 0.123 e. The summed E-state index contributed by atoms with van der Waals surface area (Å²) in [6.07, 6.45) is 3.74. The van der Waals surface area contributed by atoms with Gasteiger partial charge in [0.15, 0.2) is 0 Å². The van der Waals surface area contributed by atoms with Crippen LogP contribution in [0, 0.1) is 0 Å². The maximum absolute atomic E-state index is 5.73. The first kappa shape index (κ1) is 17.2. The van der Waals surface area contributed by atoms with E-state index in [0.717, 1.165) is 30.1 Å². The lowest BCUT2D eigenvalue weighted by molar-refractivity contribution is 0.589. The fourth-order valence-electron chi connectivity index (χ4n) is 2.68. The third-order valence-electron chi connectivity index (χ3n) is 3.84. The summed E-state index contributed by atoms with van der Waals surface area (Å²) in [5, 5.41) is 7.82. The molecule has 1 aromatic carbocycles. The second kappa shape index (κ2) is 7.96. The normalized spacial score (nSPS) is 11.1. The molecule has 126 valence electrons. The summed E-state index contributed by atoms with van der Waals surface area (Å²) in [5.41, 5.74) is 9.34. The minimum absolute atomic E-state index is 0.616. The number of hydrogen-bond donors (Lipinski definition) is 1. The molecule has 3 rings (SSSR count). The van der Waals surface area contributed by atoms with E-state index in [1.807, 2.05) is 11.6 Å². The highest BCUT2D eigenvalue weighted by Gasteiger charge is 2.16. The molecule has 0 amide bonds. The van der Waals surface area contributed by atoms with Crippen molar-refractivity contribution < 1.29 is 0 Å². The Morgan fingerprint density at radius 1 is 1.17 bits per heavy atom. The number of nitrogens with zero attached hydrogens (tertiary/aromatic N) is 3. The Labute approximate surface area is 151 Å².